The Bertz CT molecular complexity index is 602. The molecule has 0 aliphatic rings. The van der Waals surface area contributed by atoms with Crippen LogP contribution in [-0.4, -0.2) is 16.1 Å². The van der Waals surface area contributed by atoms with Crippen molar-refractivity contribution in [1.29, 1.82) is 0 Å². The van der Waals surface area contributed by atoms with Crippen LogP contribution in [0.1, 0.15) is 25.1 Å². The van der Waals surface area contributed by atoms with Gasteiger partial charge in [0.05, 0.1) is 10.9 Å². The first-order valence-electron chi connectivity index (χ1n) is 5.98. The molecule has 0 radical (unpaired) electrons. The molecule has 0 unspecified atom stereocenters. The summed E-state index contributed by atoms with van der Waals surface area (Å²) in [7, 11) is 0. The number of pyridine rings is 1. The standard InChI is InChI=1S/C15H17NO2/c1-10-4-6-12-8-11(5-7-13(12)16-10)9-15(2,3)14(17)18/h4-8H,9H2,1-3H3,(H,17,18). The maximum atomic E-state index is 11.1. The molecule has 3 nitrogen and oxygen atoms in total. The first kappa shape index (κ1) is 12.6. The first-order valence-corrected chi connectivity index (χ1v) is 5.98. The predicted molar refractivity (Wildman–Crippen MR) is 71.6 cm³/mol. The summed E-state index contributed by atoms with van der Waals surface area (Å²) in [5.74, 6) is -0.773. The maximum absolute atomic E-state index is 11.1. The van der Waals surface area contributed by atoms with E-state index in [9.17, 15) is 4.79 Å². The van der Waals surface area contributed by atoms with Crippen molar-refractivity contribution in [3.05, 3.63) is 41.6 Å². The number of hydrogen-bond acceptors (Lipinski definition) is 2. The van der Waals surface area contributed by atoms with E-state index in [1.54, 1.807) is 13.8 Å². The molecule has 3 heteroatoms. The van der Waals surface area contributed by atoms with E-state index in [-0.39, 0.29) is 0 Å². The van der Waals surface area contributed by atoms with E-state index >= 15 is 0 Å². The summed E-state index contributed by atoms with van der Waals surface area (Å²) in [6.45, 7) is 5.45. The van der Waals surface area contributed by atoms with Crippen LogP contribution < -0.4 is 0 Å². The molecule has 2 rings (SSSR count). The van der Waals surface area contributed by atoms with Crippen molar-refractivity contribution in [1.82, 2.24) is 4.98 Å². The fraction of sp³-hybridized carbons (Fsp3) is 0.333. The van der Waals surface area contributed by atoms with Gasteiger partial charge in [-0.15, -0.1) is 0 Å². The van der Waals surface area contributed by atoms with Crippen LogP contribution in [0.25, 0.3) is 10.9 Å². The largest absolute Gasteiger partial charge is 0.481 e. The molecule has 0 fully saturated rings. The molecule has 1 N–H and O–H groups in total. The Balaban J connectivity index is 2.36. The highest BCUT2D eigenvalue weighted by Gasteiger charge is 2.27. The lowest BCUT2D eigenvalue weighted by molar-refractivity contribution is -0.146. The number of benzene rings is 1. The van der Waals surface area contributed by atoms with Gasteiger partial charge in [-0.05, 0) is 51.0 Å². The Morgan fingerprint density at radius 2 is 2.00 bits per heavy atom. The number of aromatic nitrogens is 1. The smallest absolute Gasteiger partial charge is 0.309 e. The zero-order chi connectivity index (χ0) is 13.3. The van der Waals surface area contributed by atoms with Gasteiger partial charge in [-0.1, -0.05) is 12.1 Å². The van der Waals surface area contributed by atoms with E-state index in [0.717, 1.165) is 22.2 Å². The first-order chi connectivity index (χ1) is 8.38. The molecule has 0 saturated carbocycles. The summed E-state index contributed by atoms with van der Waals surface area (Å²) in [5.41, 5.74) is 2.22. The van der Waals surface area contributed by atoms with Crippen molar-refractivity contribution in [2.45, 2.75) is 27.2 Å². The monoisotopic (exact) mass is 243 g/mol. The second-order valence-electron chi connectivity index (χ2n) is 5.35. The van der Waals surface area contributed by atoms with Gasteiger partial charge in [0.2, 0.25) is 0 Å². The molecule has 1 heterocycles. The molecule has 18 heavy (non-hydrogen) atoms. The van der Waals surface area contributed by atoms with Crippen molar-refractivity contribution in [3.8, 4) is 0 Å². The molecular weight excluding hydrogens is 226 g/mol. The molecular formula is C15H17NO2. The Morgan fingerprint density at radius 3 is 2.67 bits per heavy atom. The van der Waals surface area contributed by atoms with Crippen molar-refractivity contribution in [2.24, 2.45) is 5.41 Å². The summed E-state index contributed by atoms with van der Waals surface area (Å²) in [6, 6.07) is 9.92. The quantitative estimate of drug-likeness (QED) is 0.900. The minimum absolute atomic E-state index is 0.520. The topological polar surface area (TPSA) is 50.2 Å². The van der Waals surface area contributed by atoms with Crippen molar-refractivity contribution in [3.63, 3.8) is 0 Å². The van der Waals surface area contributed by atoms with Crippen molar-refractivity contribution >= 4 is 16.9 Å². The van der Waals surface area contributed by atoms with Gasteiger partial charge in [0.1, 0.15) is 0 Å². The molecule has 0 amide bonds. The lowest BCUT2D eigenvalue weighted by Crippen LogP contribution is -2.26. The van der Waals surface area contributed by atoms with E-state index in [1.807, 2.05) is 37.3 Å². The van der Waals surface area contributed by atoms with Crippen LogP contribution >= 0.6 is 0 Å². The molecule has 0 spiro atoms. The number of carbonyl (C=O) groups is 1. The number of hydrogen-bond donors (Lipinski definition) is 1. The second kappa shape index (κ2) is 4.41. The highest BCUT2D eigenvalue weighted by molar-refractivity contribution is 5.80. The van der Waals surface area contributed by atoms with Crippen LogP contribution in [0.4, 0.5) is 0 Å². The second-order valence-corrected chi connectivity index (χ2v) is 5.35. The summed E-state index contributed by atoms with van der Waals surface area (Å²) < 4.78 is 0. The summed E-state index contributed by atoms with van der Waals surface area (Å²) in [5, 5.41) is 10.2. The van der Waals surface area contributed by atoms with Crippen LogP contribution in [0.3, 0.4) is 0 Å². The van der Waals surface area contributed by atoms with Crippen molar-refractivity contribution in [2.75, 3.05) is 0 Å². The summed E-state index contributed by atoms with van der Waals surface area (Å²) in [4.78, 5) is 15.6. The normalized spacial score (nSPS) is 11.7. The van der Waals surface area contributed by atoms with Crippen LogP contribution in [0, 0.1) is 12.3 Å². The molecule has 1 aromatic carbocycles. The highest BCUT2D eigenvalue weighted by atomic mass is 16.4. The molecule has 0 aliphatic heterocycles. The van der Waals surface area contributed by atoms with Gasteiger partial charge < -0.3 is 5.11 Å². The van der Waals surface area contributed by atoms with Crippen LogP contribution in [-0.2, 0) is 11.2 Å². The van der Waals surface area contributed by atoms with E-state index in [0.29, 0.717) is 6.42 Å². The molecule has 0 aliphatic carbocycles. The SMILES string of the molecule is Cc1ccc2cc(CC(C)(C)C(=O)O)ccc2n1. The fourth-order valence-corrected chi connectivity index (χ4v) is 1.97. The Morgan fingerprint density at radius 1 is 1.28 bits per heavy atom. The van der Waals surface area contributed by atoms with E-state index in [2.05, 4.69) is 4.98 Å². The number of carboxylic acid groups (broad SMARTS) is 1. The van der Waals surface area contributed by atoms with Gasteiger partial charge in [0, 0.05) is 11.1 Å². The van der Waals surface area contributed by atoms with E-state index < -0.39 is 11.4 Å². The molecule has 0 saturated heterocycles. The maximum Gasteiger partial charge on any atom is 0.309 e. The van der Waals surface area contributed by atoms with Crippen molar-refractivity contribution < 1.29 is 9.90 Å². The third kappa shape index (κ3) is 2.50. The molecule has 0 atom stereocenters. The predicted octanol–water partition coefficient (Wildman–Crippen LogP) is 3.20. The van der Waals surface area contributed by atoms with E-state index in [4.69, 9.17) is 5.11 Å². The lowest BCUT2D eigenvalue weighted by Gasteiger charge is -2.19. The zero-order valence-corrected chi connectivity index (χ0v) is 10.9. The molecule has 94 valence electrons. The number of carboxylic acids is 1. The Labute approximate surface area is 106 Å². The summed E-state index contributed by atoms with van der Waals surface area (Å²) in [6.07, 6.45) is 0.520. The number of aliphatic carboxylic acids is 1. The Kier molecular flexibility index (Phi) is 3.07. The minimum Gasteiger partial charge on any atom is -0.481 e. The van der Waals surface area contributed by atoms with Crippen LogP contribution in [0.2, 0.25) is 0 Å². The minimum atomic E-state index is -0.773. The highest BCUT2D eigenvalue weighted by Crippen LogP contribution is 2.24. The van der Waals surface area contributed by atoms with Gasteiger partial charge >= 0.3 is 5.97 Å². The Hall–Kier alpha value is -1.90. The summed E-state index contributed by atoms with van der Waals surface area (Å²) >= 11 is 0. The van der Waals surface area contributed by atoms with Gasteiger partial charge in [-0.3, -0.25) is 9.78 Å². The molecule has 0 bridgehead atoms. The zero-order valence-electron chi connectivity index (χ0n) is 10.9. The van der Waals surface area contributed by atoms with Gasteiger partial charge in [-0.25, -0.2) is 0 Å². The lowest BCUT2D eigenvalue weighted by atomic mass is 9.85. The third-order valence-electron chi connectivity index (χ3n) is 3.12. The number of aryl methyl sites for hydroxylation is 1. The van der Waals surface area contributed by atoms with Crippen LogP contribution in [0.5, 0.6) is 0 Å². The number of rotatable bonds is 3. The third-order valence-corrected chi connectivity index (χ3v) is 3.12. The van der Waals surface area contributed by atoms with Gasteiger partial charge in [0.25, 0.3) is 0 Å². The molecule has 2 aromatic rings. The number of nitrogens with zero attached hydrogens (tertiary/aromatic N) is 1. The molecule has 1 aromatic heterocycles. The van der Waals surface area contributed by atoms with Gasteiger partial charge in [0.15, 0.2) is 0 Å². The fourth-order valence-electron chi connectivity index (χ4n) is 1.97. The van der Waals surface area contributed by atoms with E-state index in [1.165, 1.54) is 0 Å². The average molecular weight is 243 g/mol. The number of fused-ring (bicyclic) bond motifs is 1. The average Bonchev–Trinajstić information content (AvgIpc) is 2.28. The van der Waals surface area contributed by atoms with Gasteiger partial charge in [-0.2, -0.15) is 0 Å². The van der Waals surface area contributed by atoms with Crippen LogP contribution in [0.15, 0.2) is 30.3 Å².